The van der Waals surface area contributed by atoms with Crippen molar-refractivity contribution in [2.75, 3.05) is 6.61 Å². The molecule has 2 heterocycles. The molecule has 1 aliphatic heterocycles. The van der Waals surface area contributed by atoms with Crippen LogP contribution in [0.4, 0.5) is 0 Å². The number of hydrogen-bond acceptors (Lipinski definition) is 5. The molecule has 3 atom stereocenters. The molecule has 7 nitrogen and oxygen atoms in total. The van der Waals surface area contributed by atoms with E-state index in [1.807, 2.05) is 6.92 Å². The van der Waals surface area contributed by atoms with Crippen molar-refractivity contribution in [2.45, 2.75) is 44.8 Å². The van der Waals surface area contributed by atoms with Crippen molar-refractivity contribution in [3.05, 3.63) is 5.82 Å². The molecular formula is C10H16N4O3. The van der Waals surface area contributed by atoms with Gasteiger partial charge >= 0.3 is 5.97 Å². The van der Waals surface area contributed by atoms with Gasteiger partial charge in [-0.2, -0.15) is 0 Å². The maximum atomic E-state index is 11.0. The molecule has 17 heavy (non-hydrogen) atoms. The van der Waals surface area contributed by atoms with E-state index in [0.29, 0.717) is 12.4 Å². The van der Waals surface area contributed by atoms with Crippen LogP contribution in [-0.4, -0.2) is 44.0 Å². The first-order chi connectivity index (χ1) is 8.15. The highest BCUT2D eigenvalue weighted by Crippen LogP contribution is 2.32. The SMILES string of the molecule is CCC1OCCC1c1nnnn1C(C)C(=O)O. The molecule has 7 heteroatoms. The molecule has 0 amide bonds. The maximum Gasteiger partial charge on any atom is 0.328 e. The number of nitrogens with zero attached hydrogens (tertiary/aromatic N) is 4. The summed E-state index contributed by atoms with van der Waals surface area (Å²) in [6.45, 7) is 4.29. The molecule has 1 fully saturated rings. The lowest BCUT2D eigenvalue weighted by Gasteiger charge is -2.17. The molecule has 1 saturated heterocycles. The highest BCUT2D eigenvalue weighted by atomic mass is 16.5. The minimum atomic E-state index is -0.939. The number of carboxylic acids is 1. The van der Waals surface area contributed by atoms with Gasteiger partial charge in [0.15, 0.2) is 5.82 Å². The Morgan fingerprint density at radius 2 is 2.47 bits per heavy atom. The van der Waals surface area contributed by atoms with Gasteiger partial charge in [-0.25, -0.2) is 9.48 Å². The van der Waals surface area contributed by atoms with E-state index in [1.54, 1.807) is 6.92 Å². The Balaban J connectivity index is 2.27. The van der Waals surface area contributed by atoms with Gasteiger partial charge in [-0.15, -0.1) is 5.10 Å². The summed E-state index contributed by atoms with van der Waals surface area (Å²) in [7, 11) is 0. The van der Waals surface area contributed by atoms with Crippen molar-refractivity contribution in [2.24, 2.45) is 0 Å². The lowest BCUT2D eigenvalue weighted by molar-refractivity contribution is -0.140. The number of rotatable bonds is 4. The van der Waals surface area contributed by atoms with Gasteiger partial charge in [-0.1, -0.05) is 6.92 Å². The van der Waals surface area contributed by atoms with Gasteiger partial charge in [-0.3, -0.25) is 0 Å². The number of carboxylic acid groups (broad SMARTS) is 1. The Morgan fingerprint density at radius 1 is 1.71 bits per heavy atom. The van der Waals surface area contributed by atoms with Crippen LogP contribution in [0.15, 0.2) is 0 Å². The highest BCUT2D eigenvalue weighted by Gasteiger charge is 2.34. The molecule has 3 unspecified atom stereocenters. The molecule has 94 valence electrons. The van der Waals surface area contributed by atoms with Crippen LogP contribution in [0.3, 0.4) is 0 Å². The average molecular weight is 240 g/mol. The van der Waals surface area contributed by atoms with E-state index in [4.69, 9.17) is 9.84 Å². The summed E-state index contributed by atoms with van der Waals surface area (Å²) < 4.78 is 6.96. The molecule has 2 rings (SSSR count). The summed E-state index contributed by atoms with van der Waals surface area (Å²) in [5, 5.41) is 20.3. The minimum absolute atomic E-state index is 0.0840. The van der Waals surface area contributed by atoms with Gasteiger partial charge in [0.2, 0.25) is 0 Å². The molecule has 1 N–H and O–H groups in total. The number of tetrazole rings is 1. The number of carbonyl (C=O) groups is 1. The van der Waals surface area contributed by atoms with Gasteiger partial charge in [-0.05, 0) is 30.2 Å². The second-order valence-corrected chi connectivity index (χ2v) is 4.21. The number of aromatic nitrogens is 4. The van der Waals surface area contributed by atoms with Crippen LogP contribution in [0.2, 0.25) is 0 Å². The van der Waals surface area contributed by atoms with E-state index in [1.165, 1.54) is 4.68 Å². The van der Waals surface area contributed by atoms with E-state index >= 15 is 0 Å². The molecule has 0 spiro atoms. The third kappa shape index (κ3) is 2.14. The summed E-state index contributed by atoms with van der Waals surface area (Å²) in [6.07, 6.45) is 1.80. The third-order valence-electron chi connectivity index (χ3n) is 3.19. The Labute approximate surface area is 98.8 Å². The summed E-state index contributed by atoms with van der Waals surface area (Å²) in [5.41, 5.74) is 0. The van der Waals surface area contributed by atoms with E-state index in [2.05, 4.69) is 15.5 Å². The van der Waals surface area contributed by atoms with Crippen molar-refractivity contribution >= 4 is 5.97 Å². The van der Waals surface area contributed by atoms with Gasteiger partial charge in [0.1, 0.15) is 6.04 Å². The second kappa shape index (κ2) is 4.79. The van der Waals surface area contributed by atoms with Crippen LogP contribution in [0.5, 0.6) is 0 Å². The van der Waals surface area contributed by atoms with Gasteiger partial charge < -0.3 is 9.84 Å². The third-order valence-corrected chi connectivity index (χ3v) is 3.19. The number of aliphatic carboxylic acids is 1. The van der Waals surface area contributed by atoms with Gasteiger partial charge in [0.25, 0.3) is 0 Å². The monoisotopic (exact) mass is 240 g/mol. The lowest BCUT2D eigenvalue weighted by Crippen LogP contribution is -2.24. The molecule has 0 radical (unpaired) electrons. The van der Waals surface area contributed by atoms with Crippen LogP contribution in [0.1, 0.15) is 44.5 Å². The predicted molar refractivity (Wildman–Crippen MR) is 57.6 cm³/mol. The fourth-order valence-corrected chi connectivity index (χ4v) is 2.17. The largest absolute Gasteiger partial charge is 0.480 e. The molecule has 0 bridgehead atoms. The van der Waals surface area contributed by atoms with E-state index in [0.717, 1.165) is 12.8 Å². The number of ether oxygens (including phenoxy) is 1. The topological polar surface area (TPSA) is 90.1 Å². The first-order valence-electron chi connectivity index (χ1n) is 5.77. The zero-order valence-electron chi connectivity index (χ0n) is 9.91. The van der Waals surface area contributed by atoms with E-state index in [9.17, 15) is 4.79 Å². The van der Waals surface area contributed by atoms with Crippen molar-refractivity contribution in [1.29, 1.82) is 0 Å². The zero-order chi connectivity index (χ0) is 12.4. The zero-order valence-corrected chi connectivity index (χ0v) is 9.91. The van der Waals surface area contributed by atoms with Crippen molar-refractivity contribution in [3.63, 3.8) is 0 Å². The second-order valence-electron chi connectivity index (χ2n) is 4.21. The summed E-state index contributed by atoms with van der Waals surface area (Å²) in [6, 6.07) is -0.752. The molecule has 0 aromatic carbocycles. The molecule has 0 saturated carbocycles. The van der Waals surface area contributed by atoms with Crippen LogP contribution < -0.4 is 0 Å². The summed E-state index contributed by atoms with van der Waals surface area (Å²) in [4.78, 5) is 11.0. The Kier molecular flexibility index (Phi) is 3.37. The first kappa shape index (κ1) is 12.0. The van der Waals surface area contributed by atoms with Crippen LogP contribution in [0, 0.1) is 0 Å². The smallest absolute Gasteiger partial charge is 0.328 e. The molecule has 0 aliphatic carbocycles. The lowest BCUT2D eigenvalue weighted by atomic mass is 9.98. The minimum Gasteiger partial charge on any atom is -0.480 e. The Bertz CT molecular complexity index is 406. The summed E-state index contributed by atoms with van der Waals surface area (Å²) >= 11 is 0. The van der Waals surface area contributed by atoms with Gasteiger partial charge in [0.05, 0.1) is 6.10 Å². The van der Waals surface area contributed by atoms with Crippen molar-refractivity contribution in [3.8, 4) is 0 Å². The van der Waals surface area contributed by atoms with Crippen LogP contribution >= 0.6 is 0 Å². The van der Waals surface area contributed by atoms with E-state index < -0.39 is 12.0 Å². The van der Waals surface area contributed by atoms with E-state index in [-0.39, 0.29) is 12.0 Å². The predicted octanol–water partition coefficient (Wildman–Crippen LogP) is 0.601. The Hall–Kier alpha value is -1.50. The molecule has 1 aromatic heterocycles. The van der Waals surface area contributed by atoms with Crippen LogP contribution in [0.25, 0.3) is 0 Å². The molecular weight excluding hydrogens is 224 g/mol. The molecule has 1 aliphatic rings. The molecule has 1 aromatic rings. The fourth-order valence-electron chi connectivity index (χ4n) is 2.17. The number of hydrogen-bond donors (Lipinski definition) is 1. The maximum absolute atomic E-state index is 11.0. The average Bonchev–Trinajstić information content (AvgIpc) is 2.95. The van der Waals surface area contributed by atoms with Crippen molar-refractivity contribution in [1.82, 2.24) is 20.2 Å². The summed E-state index contributed by atoms with van der Waals surface area (Å²) in [5.74, 6) is -0.230. The van der Waals surface area contributed by atoms with Crippen LogP contribution in [-0.2, 0) is 9.53 Å². The fraction of sp³-hybridized carbons (Fsp3) is 0.800. The van der Waals surface area contributed by atoms with Crippen molar-refractivity contribution < 1.29 is 14.6 Å². The highest BCUT2D eigenvalue weighted by molar-refractivity contribution is 5.71. The normalized spacial score (nSPS) is 26.0. The first-order valence-corrected chi connectivity index (χ1v) is 5.77. The standard InChI is InChI=1S/C10H16N4O3/c1-3-8-7(4-5-17-8)9-11-12-13-14(9)6(2)10(15)16/h6-8H,3-5H2,1-2H3,(H,15,16). The van der Waals surface area contributed by atoms with Gasteiger partial charge in [0, 0.05) is 12.5 Å². The Morgan fingerprint density at radius 3 is 3.12 bits per heavy atom. The quantitative estimate of drug-likeness (QED) is 0.828.